The summed E-state index contributed by atoms with van der Waals surface area (Å²) >= 11 is 0.729. The van der Waals surface area contributed by atoms with Crippen molar-refractivity contribution in [2.75, 3.05) is 0 Å². The summed E-state index contributed by atoms with van der Waals surface area (Å²) in [4.78, 5) is 0. The van der Waals surface area contributed by atoms with E-state index in [0.29, 0.717) is 3.21 Å². The molecule has 0 aromatic heterocycles. The van der Waals surface area contributed by atoms with E-state index >= 15 is 0 Å². The first-order valence-electron chi connectivity index (χ1n) is 18.9. The van der Waals surface area contributed by atoms with Crippen LogP contribution in [0, 0.1) is 6.07 Å². The van der Waals surface area contributed by atoms with Gasteiger partial charge in [0.2, 0.25) is 0 Å². The number of halogens is 8. The second kappa shape index (κ2) is 18.8. The molecule has 9 heteroatoms. The van der Waals surface area contributed by atoms with Crippen LogP contribution in [-0.2, 0) is 64.7 Å². The maximum atomic E-state index is 12.7. The third-order valence-corrected chi connectivity index (χ3v) is 11.2. The molecule has 58 heavy (non-hydrogen) atoms. The molecule has 0 nitrogen and oxygen atoms in total. The minimum Gasteiger partial charge on any atom is -1.00 e. The topological polar surface area (TPSA) is 0 Å². The standard InChI is InChI=1S/C29H41.C15H8F6.C5H5.2ClH.Zr/c1-26(2,3)22-14-18-13-19-15-23(27(4,5)6)25(29(10,11)12)17-21(19)20(18)16-24(22)28(7,8)9;16-14(17,18)12-5-1-3-10(8-12)7-11-4-2-6-13(9-11)15(19,20)21;1-2-4-5-3-1;;;/h14,16-17H,13H2,1-12H3;1-6,8-9H;1-5H;2*1H;/q-1;;-1;;;+2/p-2. The summed E-state index contributed by atoms with van der Waals surface area (Å²) in [6.07, 6.45) is -7.97. The van der Waals surface area contributed by atoms with Gasteiger partial charge in [-0.2, -0.15) is 35.9 Å². The van der Waals surface area contributed by atoms with Gasteiger partial charge in [0.25, 0.3) is 0 Å². The van der Waals surface area contributed by atoms with E-state index < -0.39 is 23.5 Å². The van der Waals surface area contributed by atoms with Crippen molar-refractivity contribution in [2.24, 2.45) is 0 Å². The van der Waals surface area contributed by atoms with Gasteiger partial charge < -0.3 is 24.8 Å². The zero-order valence-corrected chi connectivity index (χ0v) is 39.4. The Kier molecular flexibility index (Phi) is 16.6. The third kappa shape index (κ3) is 12.8. The first kappa shape index (κ1) is 51.3. The maximum Gasteiger partial charge on any atom is -0.172 e. The van der Waals surface area contributed by atoms with E-state index in [2.05, 4.69) is 107 Å². The summed E-state index contributed by atoms with van der Waals surface area (Å²) in [6, 6.07) is 30.6. The van der Waals surface area contributed by atoms with Crippen LogP contribution in [0.15, 0.2) is 97.1 Å². The van der Waals surface area contributed by atoms with Crippen LogP contribution in [-0.4, -0.2) is 3.21 Å². The van der Waals surface area contributed by atoms with E-state index in [1.165, 1.54) is 68.8 Å². The Morgan fingerprint density at radius 1 is 0.534 bits per heavy atom. The van der Waals surface area contributed by atoms with E-state index in [4.69, 9.17) is 0 Å². The molecule has 5 aromatic rings. The molecule has 0 unspecified atom stereocenters. The summed E-state index contributed by atoms with van der Waals surface area (Å²) < 4.78 is 76.7. The summed E-state index contributed by atoms with van der Waals surface area (Å²) in [6.45, 7) is 28.0. The summed E-state index contributed by atoms with van der Waals surface area (Å²) in [7, 11) is 0. The average molecular weight is 919 g/mol. The number of fused-ring (bicyclic) bond motifs is 3. The molecule has 0 amide bonds. The van der Waals surface area contributed by atoms with Gasteiger partial charge in [-0.1, -0.05) is 106 Å². The van der Waals surface area contributed by atoms with Gasteiger partial charge in [0.1, 0.15) is 0 Å². The van der Waals surface area contributed by atoms with E-state index in [-0.39, 0.29) is 57.6 Å². The van der Waals surface area contributed by atoms with Crippen LogP contribution < -0.4 is 24.8 Å². The summed E-state index contributed by atoms with van der Waals surface area (Å²) in [5, 5.41) is 0. The summed E-state index contributed by atoms with van der Waals surface area (Å²) in [5.74, 6) is 0. The zero-order valence-electron chi connectivity index (χ0n) is 35.5. The Morgan fingerprint density at radius 2 is 0.948 bits per heavy atom. The molecule has 0 heterocycles. The molecule has 5 aromatic carbocycles. The zero-order chi connectivity index (χ0) is 42.2. The van der Waals surface area contributed by atoms with Crippen molar-refractivity contribution in [1.29, 1.82) is 0 Å². The van der Waals surface area contributed by atoms with Gasteiger partial charge in [0, 0.05) is 0 Å². The van der Waals surface area contributed by atoms with Gasteiger partial charge in [-0.05, 0) is 39.4 Å². The van der Waals surface area contributed by atoms with Crippen LogP contribution in [0.5, 0.6) is 0 Å². The van der Waals surface area contributed by atoms with Crippen LogP contribution in [0.1, 0.15) is 139 Å². The molecule has 0 spiro atoms. The van der Waals surface area contributed by atoms with Crippen molar-refractivity contribution < 1.29 is 75.4 Å². The van der Waals surface area contributed by atoms with Crippen molar-refractivity contribution in [3.63, 3.8) is 0 Å². The minimum absolute atomic E-state index is 0. The molecule has 0 atom stereocenters. The van der Waals surface area contributed by atoms with Crippen molar-refractivity contribution in [3.05, 3.63) is 159 Å². The van der Waals surface area contributed by atoms with E-state index in [1.54, 1.807) is 0 Å². The molecule has 1 aliphatic carbocycles. The van der Waals surface area contributed by atoms with Crippen molar-refractivity contribution >= 4 is 3.21 Å². The van der Waals surface area contributed by atoms with Gasteiger partial charge in [0.15, 0.2) is 0 Å². The fraction of sp³-hybridized carbons (Fsp3) is 0.388. The number of hydrogen-bond acceptors (Lipinski definition) is 0. The van der Waals surface area contributed by atoms with E-state index in [9.17, 15) is 26.3 Å². The molecule has 0 bridgehead atoms. The fourth-order valence-electron chi connectivity index (χ4n) is 6.81. The normalized spacial score (nSPS) is 12.8. The number of rotatable bonds is 2. The second-order valence-electron chi connectivity index (χ2n) is 18.7. The average Bonchev–Trinajstić information content (AvgIpc) is 3.77. The Labute approximate surface area is 369 Å². The number of hydrogen-bond donors (Lipinski definition) is 0. The second-order valence-corrected chi connectivity index (χ2v) is 19.9. The molecule has 1 aliphatic rings. The molecule has 0 aliphatic heterocycles. The molecule has 6 rings (SSSR count). The predicted molar refractivity (Wildman–Crippen MR) is 216 cm³/mol. The van der Waals surface area contributed by atoms with E-state index in [1.807, 2.05) is 30.3 Å². The largest absolute Gasteiger partial charge is 1.00 e. The first-order chi connectivity index (χ1) is 25.5. The van der Waals surface area contributed by atoms with E-state index in [0.717, 1.165) is 54.9 Å². The quantitative estimate of drug-likeness (QED) is 0.121. The van der Waals surface area contributed by atoms with Crippen LogP contribution in [0.3, 0.4) is 0 Å². The van der Waals surface area contributed by atoms with Gasteiger partial charge in [-0.15, -0.1) is 16.7 Å². The van der Waals surface area contributed by atoms with Gasteiger partial charge in [-0.25, -0.2) is 12.1 Å². The Hall–Kier alpha value is -2.86. The fourth-order valence-corrected chi connectivity index (χ4v) is 7.58. The molecule has 0 N–H and O–H groups in total. The smallest absolute Gasteiger partial charge is 0.172 e. The van der Waals surface area contributed by atoms with Crippen LogP contribution in [0.4, 0.5) is 26.3 Å². The van der Waals surface area contributed by atoms with Gasteiger partial charge >= 0.3 is 137 Å². The SMILES string of the molecule is CC(C)(C)c1[c-]c2c(cc1C(C)(C)C)-c1cc(C(C)(C)C)c(C(C)(C)C)cc1C2.FC(F)(F)c1cccc([C](=[Zr+2])c2cccc(C(F)(F)F)c2)c1.[Cl-].[Cl-].c1cc[cH-]c1. The summed E-state index contributed by atoms with van der Waals surface area (Å²) in [5.41, 5.74) is 10.8. The van der Waals surface area contributed by atoms with Crippen LogP contribution in [0.2, 0.25) is 0 Å². The third-order valence-electron chi connectivity index (χ3n) is 9.75. The molecular formula is C49H54Cl2F6Zr-2. The maximum absolute atomic E-state index is 12.7. The van der Waals surface area contributed by atoms with Crippen LogP contribution >= 0.6 is 0 Å². The Balaban J connectivity index is 0.000000354. The molecule has 312 valence electrons. The van der Waals surface area contributed by atoms with Crippen molar-refractivity contribution in [2.45, 2.75) is 124 Å². The predicted octanol–water partition coefficient (Wildman–Crippen LogP) is 8.50. The molecule has 0 fully saturated rings. The molecule has 0 radical (unpaired) electrons. The molecule has 0 saturated carbocycles. The first-order valence-corrected chi connectivity index (χ1v) is 20.1. The van der Waals surface area contributed by atoms with Crippen molar-refractivity contribution in [1.82, 2.24) is 0 Å². The Bertz CT molecular complexity index is 1990. The number of benzene rings is 4. The van der Waals surface area contributed by atoms with Crippen LogP contribution in [0.25, 0.3) is 11.1 Å². The molecular weight excluding hydrogens is 865 g/mol. The van der Waals surface area contributed by atoms with Gasteiger partial charge in [-0.3, -0.25) is 0 Å². The van der Waals surface area contributed by atoms with Crippen molar-refractivity contribution in [3.8, 4) is 11.1 Å². The minimum atomic E-state index is -4.49. The number of alkyl halides is 6. The monoisotopic (exact) mass is 916 g/mol. The Morgan fingerprint density at radius 3 is 1.31 bits per heavy atom. The molecule has 0 saturated heterocycles. The van der Waals surface area contributed by atoms with Gasteiger partial charge in [0.05, 0.1) is 0 Å².